The molecule has 5 heteroatoms. The molecule has 3 N–H and O–H groups in total. The summed E-state index contributed by atoms with van der Waals surface area (Å²) in [6, 6.07) is -0.341. The number of amides is 1. The summed E-state index contributed by atoms with van der Waals surface area (Å²) in [4.78, 5) is 13.4. The summed E-state index contributed by atoms with van der Waals surface area (Å²) >= 11 is 0. The third kappa shape index (κ3) is 4.02. The molecule has 1 rings (SSSR count). The minimum absolute atomic E-state index is 0.0751. The first-order chi connectivity index (χ1) is 8.08. The van der Waals surface area contributed by atoms with E-state index < -0.39 is 0 Å². The lowest BCUT2D eigenvalue weighted by atomic mass is 10.00. The van der Waals surface area contributed by atoms with Crippen LogP contribution in [0.3, 0.4) is 0 Å². The molecule has 0 aromatic heterocycles. The van der Waals surface area contributed by atoms with E-state index in [1.807, 2.05) is 0 Å². The second-order valence-corrected chi connectivity index (χ2v) is 4.29. The largest absolute Gasteiger partial charge is 0.495 e. The van der Waals surface area contributed by atoms with Crippen molar-refractivity contribution in [1.29, 1.82) is 0 Å². The standard InChI is InChI=1S/C12H23N3O2/c1-4-15(5-2)8-11-12(14-9(3)16)10(13)6-7-17-11/h6-7,10-12H,4-5,8,13H2,1-3H3,(H,14,16)/t10-,11-,12+/m0/s1. The molecule has 0 aromatic carbocycles. The van der Waals surface area contributed by atoms with Gasteiger partial charge in [-0.05, 0) is 19.2 Å². The average Bonchev–Trinajstić information content (AvgIpc) is 2.29. The molecule has 98 valence electrons. The van der Waals surface area contributed by atoms with E-state index in [1.54, 1.807) is 12.3 Å². The molecule has 0 bridgehead atoms. The van der Waals surface area contributed by atoms with E-state index in [0.29, 0.717) is 0 Å². The van der Waals surface area contributed by atoms with Gasteiger partial charge < -0.3 is 20.7 Å². The van der Waals surface area contributed by atoms with E-state index in [-0.39, 0.29) is 24.1 Å². The molecule has 3 atom stereocenters. The number of likely N-dealkylation sites (N-methyl/N-ethyl adjacent to an activating group) is 1. The molecule has 0 aliphatic carbocycles. The first kappa shape index (κ1) is 14.0. The van der Waals surface area contributed by atoms with Crippen LogP contribution in [-0.2, 0) is 9.53 Å². The van der Waals surface area contributed by atoms with E-state index in [9.17, 15) is 4.79 Å². The van der Waals surface area contributed by atoms with Crippen LogP contribution in [0.25, 0.3) is 0 Å². The molecule has 5 nitrogen and oxygen atoms in total. The van der Waals surface area contributed by atoms with Crippen molar-refractivity contribution < 1.29 is 9.53 Å². The maximum Gasteiger partial charge on any atom is 0.217 e. The number of nitrogens with zero attached hydrogens (tertiary/aromatic N) is 1. The number of nitrogens with two attached hydrogens (primary N) is 1. The third-order valence-corrected chi connectivity index (χ3v) is 3.07. The van der Waals surface area contributed by atoms with E-state index in [2.05, 4.69) is 24.1 Å². The van der Waals surface area contributed by atoms with Crippen LogP contribution < -0.4 is 11.1 Å². The van der Waals surface area contributed by atoms with Crippen molar-refractivity contribution in [3.8, 4) is 0 Å². The van der Waals surface area contributed by atoms with Crippen LogP contribution in [0.5, 0.6) is 0 Å². The van der Waals surface area contributed by atoms with Crippen molar-refractivity contribution in [2.45, 2.75) is 39.0 Å². The van der Waals surface area contributed by atoms with Gasteiger partial charge in [-0.1, -0.05) is 13.8 Å². The van der Waals surface area contributed by atoms with Gasteiger partial charge in [-0.2, -0.15) is 0 Å². The first-order valence-electron chi connectivity index (χ1n) is 6.15. The smallest absolute Gasteiger partial charge is 0.217 e. The molecule has 0 unspecified atom stereocenters. The fourth-order valence-corrected chi connectivity index (χ4v) is 2.01. The van der Waals surface area contributed by atoms with E-state index in [4.69, 9.17) is 10.5 Å². The van der Waals surface area contributed by atoms with Crippen molar-refractivity contribution in [2.24, 2.45) is 5.73 Å². The Labute approximate surface area is 103 Å². The number of nitrogens with one attached hydrogen (secondary N) is 1. The molecule has 1 aliphatic rings. The highest BCUT2D eigenvalue weighted by Gasteiger charge is 2.31. The molecule has 17 heavy (non-hydrogen) atoms. The highest BCUT2D eigenvalue weighted by Crippen LogP contribution is 2.12. The number of carbonyl (C=O) groups is 1. The quantitative estimate of drug-likeness (QED) is 0.715. The summed E-state index contributed by atoms with van der Waals surface area (Å²) in [6.07, 6.45) is 3.33. The van der Waals surface area contributed by atoms with Crippen LogP contribution in [0.1, 0.15) is 20.8 Å². The molecule has 0 radical (unpaired) electrons. The third-order valence-electron chi connectivity index (χ3n) is 3.07. The minimum Gasteiger partial charge on any atom is -0.495 e. The van der Waals surface area contributed by atoms with Crippen LogP contribution in [0.4, 0.5) is 0 Å². The highest BCUT2D eigenvalue weighted by atomic mass is 16.5. The van der Waals surface area contributed by atoms with Gasteiger partial charge >= 0.3 is 0 Å². The monoisotopic (exact) mass is 241 g/mol. The number of hydrogen-bond acceptors (Lipinski definition) is 4. The Morgan fingerprint density at radius 3 is 2.65 bits per heavy atom. The maximum absolute atomic E-state index is 11.2. The summed E-state index contributed by atoms with van der Waals surface area (Å²) in [5, 5.41) is 2.87. The van der Waals surface area contributed by atoms with Crippen LogP contribution in [0.2, 0.25) is 0 Å². The molecule has 1 heterocycles. The minimum atomic E-state index is -0.187. The number of carbonyl (C=O) groups excluding carboxylic acids is 1. The SMILES string of the molecule is CCN(CC)C[C@@H]1OC=C[C@H](N)[C@H]1NC(C)=O. The van der Waals surface area contributed by atoms with E-state index in [1.165, 1.54) is 6.92 Å². The predicted octanol–water partition coefficient (Wildman–Crippen LogP) is 0.0727. The van der Waals surface area contributed by atoms with Gasteiger partial charge in [0, 0.05) is 19.5 Å². The molecular weight excluding hydrogens is 218 g/mol. The van der Waals surface area contributed by atoms with E-state index >= 15 is 0 Å². The molecule has 0 fully saturated rings. The zero-order valence-electron chi connectivity index (χ0n) is 10.8. The highest BCUT2D eigenvalue weighted by molar-refractivity contribution is 5.73. The van der Waals surface area contributed by atoms with Gasteiger partial charge in [0.05, 0.1) is 12.3 Å². The van der Waals surface area contributed by atoms with Crippen LogP contribution in [-0.4, -0.2) is 48.6 Å². The van der Waals surface area contributed by atoms with Crippen molar-refractivity contribution in [3.05, 3.63) is 12.3 Å². The lowest BCUT2D eigenvalue weighted by molar-refractivity contribution is -0.121. The van der Waals surface area contributed by atoms with Crippen LogP contribution in [0.15, 0.2) is 12.3 Å². The molecule has 0 saturated carbocycles. The number of ether oxygens (including phenoxy) is 1. The summed E-state index contributed by atoms with van der Waals surface area (Å²) < 4.78 is 5.58. The lowest BCUT2D eigenvalue weighted by Crippen LogP contribution is -2.58. The summed E-state index contributed by atoms with van der Waals surface area (Å²) in [6.45, 7) is 8.41. The van der Waals surface area contributed by atoms with Crippen LogP contribution in [0, 0.1) is 0 Å². The molecular formula is C12H23N3O2. The van der Waals surface area contributed by atoms with Gasteiger partial charge in [0.1, 0.15) is 6.10 Å². The lowest BCUT2D eigenvalue weighted by Gasteiger charge is -2.36. The predicted molar refractivity (Wildman–Crippen MR) is 67.4 cm³/mol. The Morgan fingerprint density at radius 1 is 1.47 bits per heavy atom. The fraction of sp³-hybridized carbons (Fsp3) is 0.750. The first-order valence-corrected chi connectivity index (χ1v) is 6.15. The zero-order valence-corrected chi connectivity index (χ0v) is 10.8. The second-order valence-electron chi connectivity index (χ2n) is 4.29. The topological polar surface area (TPSA) is 67.6 Å². The molecule has 1 amide bonds. The average molecular weight is 241 g/mol. The van der Waals surface area contributed by atoms with Gasteiger partial charge in [-0.15, -0.1) is 0 Å². The van der Waals surface area contributed by atoms with E-state index in [0.717, 1.165) is 19.6 Å². The number of hydrogen-bond donors (Lipinski definition) is 2. The van der Waals surface area contributed by atoms with Gasteiger partial charge in [-0.3, -0.25) is 4.79 Å². The van der Waals surface area contributed by atoms with Gasteiger partial charge in [-0.25, -0.2) is 0 Å². The van der Waals surface area contributed by atoms with Gasteiger partial charge in [0.15, 0.2) is 0 Å². The van der Waals surface area contributed by atoms with Gasteiger partial charge in [0.25, 0.3) is 0 Å². The Morgan fingerprint density at radius 2 is 2.12 bits per heavy atom. The Kier molecular flexibility index (Phi) is 5.44. The van der Waals surface area contributed by atoms with Gasteiger partial charge in [0.2, 0.25) is 5.91 Å². The van der Waals surface area contributed by atoms with Crippen molar-refractivity contribution in [1.82, 2.24) is 10.2 Å². The molecule has 0 aromatic rings. The number of rotatable bonds is 5. The molecule has 0 saturated heterocycles. The Balaban J connectivity index is 2.66. The van der Waals surface area contributed by atoms with Crippen molar-refractivity contribution in [2.75, 3.05) is 19.6 Å². The summed E-state index contributed by atoms with van der Waals surface area (Å²) in [5.41, 5.74) is 5.98. The normalized spacial score (nSPS) is 27.9. The Hall–Kier alpha value is -1.07. The molecule has 0 spiro atoms. The van der Waals surface area contributed by atoms with Crippen LogP contribution >= 0.6 is 0 Å². The maximum atomic E-state index is 11.2. The molecule has 1 aliphatic heterocycles. The Bertz CT molecular complexity index is 277. The fourth-order valence-electron chi connectivity index (χ4n) is 2.01. The van der Waals surface area contributed by atoms with Crippen molar-refractivity contribution >= 4 is 5.91 Å². The van der Waals surface area contributed by atoms with Crippen molar-refractivity contribution in [3.63, 3.8) is 0 Å². The zero-order chi connectivity index (χ0) is 12.8. The summed E-state index contributed by atoms with van der Waals surface area (Å²) in [5.74, 6) is -0.0751. The second kappa shape index (κ2) is 6.61. The summed E-state index contributed by atoms with van der Waals surface area (Å²) in [7, 11) is 0.